The van der Waals surface area contributed by atoms with E-state index in [0.29, 0.717) is 59.5 Å². The van der Waals surface area contributed by atoms with Crippen molar-refractivity contribution in [3.8, 4) is 0 Å². The summed E-state index contributed by atoms with van der Waals surface area (Å²) in [5.41, 5.74) is 13.8. The predicted octanol–water partition coefficient (Wildman–Crippen LogP) is 15.2. The van der Waals surface area contributed by atoms with Crippen LogP contribution in [0, 0.1) is 0 Å². The Labute approximate surface area is 513 Å². The third-order valence-electron chi connectivity index (χ3n) is 17.4. The number of hydrogen-bond donors (Lipinski definition) is 0. The maximum atomic E-state index is 13.8. The second-order valence-corrected chi connectivity index (χ2v) is 23.2. The van der Waals surface area contributed by atoms with Crippen molar-refractivity contribution in [2.75, 3.05) is 132 Å². The van der Waals surface area contributed by atoms with Gasteiger partial charge in [0.25, 0.3) is 5.91 Å². The van der Waals surface area contributed by atoms with Crippen LogP contribution in [-0.4, -0.2) is 128 Å². The normalized spacial score (nSPS) is 16.3. The van der Waals surface area contributed by atoms with Crippen LogP contribution in [-0.2, 0) is 44.0 Å². The van der Waals surface area contributed by atoms with Gasteiger partial charge in [-0.3, -0.25) is 9.69 Å². The van der Waals surface area contributed by atoms with Gasteiger partial charge in [-0.2, -0.15) is 4.58 Å². The van der Waals surface area contributed by atoms with Gasteiger partial charge >= 0.3 is 0 Å². The Balaban J connectivity index is 0.747. The second-order valence-electron chi connectivity index (χ2n) is 23.2. The van der Waals surface area contributed by atoms with Crippen LogP contribution in [0.25, 0.3) is 21.5 Å². The molecule has 2 aliphatic heterocycles. The van der Waals surface area contributed by atoms with Gasteiger partial charge in [-0.1, -0.05) is 74.5 Å². The summed E-state index contributed by atoms with van der Waals surface area (Å²) in [6.07, 6.45) is 12.3. The highest BCUT2D eigenvalue weighted by Gasteiger charge is 2.45. The van der Waals surface area contributed by atoms with Crippen LogP contribution in [0.3, 0.4) is 0 Å². The molecule has 0 saturated carbocycles. The predicted molar refractivity (Wildman–Crippen MR) is 356 cm³/mol. The molecule has 0 aromatic heterocycles. The second kappa shape index (κ2) is 30.0. The average Bonchev–Trinajstić information content (AvgIpc) is 1.61. The number of fused-ring (bicyclic) bond motifs is 6. The van der Waals surface area contributed by atoms with Crippen molar-refractivity contribution in [1.82, 2.24) is 0 Å². The summed E-state index contributed by atoms with van der Waals surface area (Å²) in [6.45, 7) is 32.0. The molecule has 1 amide bonds. The van der Waals surface area contributed by atoms with Crippen molar-refractivity contribution in [2.45, 2.75) is 99.3 Å². The van der Waals surface area contributed by atoms with Gasteiger partial charge in [0.2, 0.25) is 5.69 Å². The monoisotopic (exact) mass is 1160 g/mol. The molecule has 12 heteroatoms. The third-order valence-corrected chi connectivity index (χ3v) is 17.4. The van der Waals surface area contributed by atoms with E-state index in [1.54, 1.807) is 4.90 Å². The zero-order chi connectivity index (χ0) is 60.6. The lowest BCUT2D eigenvalue weighted by atomic mass is 9.78. The Bertz CT molecular complexity index is 3350. The summed E-state index contributed by atoms with van der Waals surface area (Å²) in [5, 5.41) is 5.18. The van der Waals surface area contributed by atoms with E-state index < -0.39 is 0 Å². The van der Waals surface area contributed by atoms with Crippen LogP contribution >= 0.6 is 0 Å². The van der Waals surface area contributed by atoms with Gasteiger partial charge in [0, 0.05) is 90.0 Å². The Morgan fingerprint density at radius 3 is 1.57 bits per heavy atom. The highest BCUT2D eigenvalue weighted by atomic mass is 16.6. The van der Waals surface area contributed by atoms with Crippen molar-refractivity contribution in [3.05, 3.63) is 179 Å². The van der Waals surface area contributed by atoms with Crippen LogP contribution < -0.4 is 19.6 Å². The molecule has 6 aromatic rings. The van der Waals surface area contributed by atoms with Gasteiger partial charge in [0.1, 0.15) is 25.5 Å². The number of likely N-dealkylation sites (N-methyl/N-ethyl adjacent to an activating group) is 1. The molecule has 86 heavy (non-hydrogen) atoms. The molecule has 3 aliphatic rings. The van der Waals surface area contributed by atoms with Crippen LogP contribution in [0.15, 0.2) is 168 Å². The molecule has 0 fully saturated rings. The topological polar surface area (TPSA) is 88.4 Å². The summed E-state index contributed by atoms with van der Waals surface area (Å²) >= 11 is 0. The molecule has 0 spiro atoms. The molecule has 12 nitrogen and oxygen atoms in total. The Morgan fingerprint density at radius 2 is 1.03 bits per heavy atom. The summed E-state index contributed by atoms with van der Waals surface area (Å²) in [7, 11) is 0. The number of hydrogen-bond acceptors (Lipinski definition) is 10. The lowest BCUT2D eigenvalue weighted by Crippen LogP contribution is -2.30. The smallest absolute Gasteiger partial charge is 0.257 e. The molecule has 0 saturated heterocycles. The van der Waals surface area contributed by atoms with E-state index in [0.717, 1.165) is 87.0 Å². The highest BCUT2D eigenvalue weighted by molar-refractivity contribution is 6.08. The number of allylic oxidation sites excluding steroid dienone is 7. The van der Waals surface area contributed by atoms with E-state index in [2.05, 4.69) is 210 Å². The first kappa shape index (κ1) is 63.4. The number of amides is 1. The van der Waals surface area contributed by atoms with Crippen molar-refractivity contribution in [2.24, 2.45) is 0 Å². The molecule has 9 rings (SSSR count). The molecule has 0 bridgehead atoms. The zero-order valence-electron chi connectivity index (χ0n) is 53.1. The quantitative estimate of drug-likeness (QED) is 0.0310. The van der Waals surface area contributed by atoms with Crippen molar-refractivity contribution in [1.29, 1.82) is 0 Å². The Morgan fingerprint density at radius 1 is 0.535 bits per heavy atom. The van der Waals surface area contributed by atoms with Crippen molar-refractivity contribution >= 4 is 67.3 Å². The van der Waals surface area contributed by atoms with Crippen LogP contribution in [0.4, 0.5) is 34.1 Å². The zero-order valence-corrected chi connectivity index (χ0v) is 53.1. The van der Waals surface area contributed by atoms with Gasteiger partial charge in [0.05, 0.1) is 64.9 Å². The largest absolute Gasteiger partial charge is 0.491 e. The van der Waals surface area contributed by atoms with E-state index in [1.807, 2.05) is 24.3 Å². The molecule has 0 N–H and O–H groups in total. The number of carbonyl (C=O) groups excluding carboxylic acids is 1. The van der Waals surface area contributed by atoms with E-state index in [1.165, 1.54) is 66.6 Å². The summed E-state index contributed by atoms with van der Waals surface area (Å²) in [5.74, 6) is 0.810. The minimum absolute atomic E-state index is 0.0757. The fraction of sp³-hybridized carbons (Fsp3) is 0.432. The number of ether oxygens (including phenoxy) is 6. The maximum Gasteiger partial charge on any atom is 0.257 e. The molecular weight excluding hydrogens is 1070 g/mol. The summed E-state index contributed by atoms with van der Waals surface area (Å²) in [4.78, 5) is 22.6. The number of nitrogens with zero attached hydrogens (tertiary/aromatic N) is 5. The Kier molecular flexibility index (Phi) is 22.2. The van der Waals surface area contributed by atoms with Crippen LogP contribution in [0.1, 0.15) is 99.6 Å². The first-order valence-corrected chi connectivity index (χ1v) is 31.7. The number of carbonyl (C=O) groups is 1. The van der Waals surface area contributed by atoms with E-state index in [-0.39, 0.29) is 30.0 Å². The molecule has 0 atom stereocenters. The van der Waals surface area contributed by atoms with Crippen molar-refractivity contribution < 1.29 is 37.8 Å². The average molecular weight is 1170 g/mol. The van der Waals surface area contributed by atoms with Gasteiger partial charge in [-0.05, 0) is 186 Å². The lowest BCUT2D eigenvalue weighted by Gasteiger charge is -2.27. The minimum Gasteiger partial charge on any atom is -0.491 e. The third kappa shape index (κ3) is 14.2. The van der Waals surface area contributed by atoms with Gasteiger partial charge in [-0.15, -0.1) is 0 Å². The molecule has 0 unspecified atom stereocenters. The van der Waals surface area contributed by atoms with E-state index in [9.17, 15) is 4.79 Å². The number of benzene rings is 6. The molecule has 0 radical (unpaired) electrons. The first-order chi connectivity index (χ1) is 41.9. The molecule has 1 aliphatic carbocycles. The fourth-order valence-corrected chi connectivity index (χ4v) is 13.1. The van der Waals surface area contributed by atoms with E-state index in [4.69, 9.17) is 28.4 Å². The fourth-order valence-electron chi connectivity index (χ4n) is 13.1. The van der Waals surface area contributed by atoms with Gasteiger partial charge in [0.15, 0.2) is 5.71 Å². The maximum absolute atomic E-state index is 13.8. The van der Waals surface area contributed by atoms with Crippen LogP contribution in [0.5, 0.6) is 0 Å². The molecule has 456 valence electrons. The summed E-state index contributed by atoms with van der Waals surface area (Å²) < 4.78 is 38.7. The number of anilines is 5. The Hall–Kier alpha value is -7.06. The lowest BCUT2D eigenvalue weighted by molar-refractivity contribution is -0.433. The van der Waals surface area contributed by atoms with Gasteiger partial charge < -0.3 is 43.1 Å². The SMILES string of the molecule is CCN(CC)c1ccc(N(C(=O)COCCOCCOCCOCCOCCOC2=C(/C=C/C3=[N+](CC)c4ccc5ccccc5c4C3(C)C)CCC/C2=C\C=C2\N(CC)c3ccc4ccccc4c3C2(C)C)c2ccc(N(CC)CC)cc2)cc1. The van der Waals surface area contributed by atoms with Gasteiger partial charge in [-0.25, -0.2) is 0 Å². The number of rotatable bonds is 31. The molecular formula is C74H94N5O7+. The van der Waals surface area contributed by atoms with E-state index >= 15 is 0 Å². The molecule has 2 heterocycles. The molecule has 6 aromatic carbocycles. The first-order valence-electron chi connectivity index (χ1n) is 31.7. The standard InChI is InChI=1S/C74H94N5O7/c1-11-75(12-2)59-32-36-61(37-33-59)79(62-38-34-60(35-39-62)76(13-3)14-4)69(80)54-85-51-50-83-47-46-81-44-45-82-48-49-84-52-53-86-72-57(30-42-67-73(7,8)70-63-26-19-17-22-55(63)28-40-65(70)77(67)15-5)24-21-25-58(72)31-43-68-74(9,10)71-64-27-20-18-23-56(64)29-41-66(71)78(68)16-6/h17-20,22-23,26-43H,11-16,21,24-25,44-54H2,1-10H3/q+1. The van der Waals surface area contributed by atoms with Crippen LogP contribution in [0.2, 0.25) is 0 Å². The minimum atomic E-state index is -0.193. The summed E-state index contributed by atoms with van der Waals surface area (Å²) in [6, 6.07) is 43.0. The van der Waals surface area contributed by atoms with Crippen molar-refractivity contribution in [3.63, 3.8) is 0 Å². The highest BCUT2D eigenvalue weighted by Crippen LogP contribution is 2.51.